The van der Waals surface area contributed by atoms with Crippen LogP contribution >= 0.6 is 11.8 Å². The molecule has 0 bridgehead atoms. The quantitative estimate of drug-likeness (QED) is 0.694. The summed E-state index contributed by atoms with van der Waals surface area (Å²) < 4.78 is 0. The van der Waals surface area contributed by atoms with Gasteiger partial charge in [0.1, 0.15) is 0 Å². The second-order valence-corrected chi connectivity index (χ2v) is 11.4. The van der Waals surface area contributed by atoms with Crippen LogP contribution in [0.1, 0.15) is 78.1 Å². The van der Waals surface area contributed by atoms with Gasteiger partial charge in [0.25, 0.3) is 0 Å². The van der Waals surface area contributed by atoms with E-state index in [9.17, 15) is 19.8 Å². The number of carbonyl (C=O) groups is 2. The maximum atomic E-state index is 12.4. The minimum atomic E-state index is -0.700. The van der Waals surface area contributed by atoms with Gasteiger partial charge in [0, 0.05) is 24.7 Å². The average Bonchev–Trinajstić information content (AvgIpc) is 2.97. The minimum absolute atomic E-state index is 0.128. The molecule has 4 aliphatic carbocycles. The lowest BCUT2D eigenvalue weighted by Crippen LogP contribution is -2.55. The summed E-state index contributed by atoms with van der Waals surface area (Å²) >= 11 is 1.52. The number of aliphatic hydroxyl groups is 2. The Morgan fingerprint density at radius 1 is 1.28 bits per heavy atom. The van der Waals surface area contributed by atoms with Crippen molar-refractivity contribution >= 4 is 22.7 Å². The van der Waals surface area contributed by atoms with E-state index in [1.807, 2.05) is 13.0 Å². The van der Waals surface area contributed by atoms with Crippen LogP contribution in [0.15, 0.2) is 11.6 Å². The van der Waals surface area contributed by atoms with E-state index >= 15 is 0 Å². The summed E-state index contributed by atoms with van der Waals surface area (Å²) in [4.78, 5) is 24.5. The molecule has 2 N–H and O–H groups in total. The predicted molar refractivity (Wildman–Crippen MR) is 115 cm³/mol. The van der Waals surface area contributed by atoms with Gasteiger partial charge in [-0.3, -0.25) is 9.59 Å². The van der Waals surface area contributed by atoms with Gasteiger partial charge in [0.15, 0.2) is 10.9 Å². The topological polar surface area (TPSA) is 74.6 Å². The van der Waals surface area contributed by atoms with Gasteiger partial charge in [-0.25, -0.2) is 0 Å². The molecule has 162 valence electrons. The molecule has 0 aromatic heterocycles. The number of thioether (sulfide) groups is 1. The highest BCUT2D eigenvalue weighted by atomic mass is 32.2. The molecule has 4 nitrogen and oxygen atoms in total. The van der Waals surface area contributed by atoms with Crippen molar-refractivity contribution in [3.8, 4) is 0 Å². The smallest absolute Gasteiger partial charge is 0.188 e. The van der Waals surface area contributed by atoms with Crippen LogP contribution in [-0.2, 0) is 9.59 Å². The Morgan fingerprint density at radius 2 is 2.07 bits per heavy atom. The van der Waals surface area contributed by atoms with Crippen LogP contribution < -0.4 is 0 Å². The molecule has 0 saturated heterocycles. The number of allylic oxidation sites excluding steroid dienone is 1. The second-order valence-electron chi connectivity index (χ2n) is 10.1. The van der Waals surface area contributed by atoms with Gasteiger partial charge < -0.3 is 10.2 Å². The van der Waals surface area contributed by atoms with Gasteiger partial charge in [0.2, 0.25) is 0 Å². The molecular formula is C24H36O4S. The van der Waals surface area contributed by atoms with Crippen LogP contribution in [0.4, 0.5) is 0 Å². The third kappa shape index (κ3) is 3.55. The fourth-order valence-corrected chi connectivity index (χ4v) is 8.76. The Balaban J connectivity index is 1.67. The highest BCUT2D eigenvalue weighted by Gasteiger charge is 2.63. The Kier molecular flexibility index (Phi) is 6.04. The highest BCUT2D eigenvalue weighted by molar-refractivity contribution is 8.14. The van der Waals surface area contributed by atoms with Crippen LogP contribution in [0.5, 0.6) is 0 Å². The normalized spacial score (nSPS) is 43.9. The van der Waals surface area contributed by atoms with E-state index in [1.54, 1.807) is 0 Å². The Hall–Kier alpha value is -0.650. The van der Waals surface area contributed by atoms with E-state index < -0.39 is 5.60 Å². The van der Waals surface area contributed by atoms with Crippen molar-refractivity contribution in [1.82, 2.24) is 0 Å². The number of hydrogen-bond donors (Lipinski definition) is 2. The van der Waals surface area contributed by atoms with Crippen LogP contribution in [0.25, 0.3) is 0 Å². The lowest BCUT2D eigenvalue weighted by Gasteiger charge is -2.57. The number of fused-ring (bicyclic) bond motifs is 5. The Morgan fingerprint density at radius 3 is 2.79 bits per heavy atom. The summed E-state index contributed by atoms with van der Waals surface area (Å²) in [6.07, 6.45) is 10.1. The minimum Gasteiger partial charge on any atom is -0.396 e. The van der Waals surface area contributed by atoms with E-state index in [0.717, 1.165) is 38.5 Å². The first kappa shape index (κ1) is 21.6. The third-order valence-electron chi connectivity index (χ3n) is 8.93. The average molecular weight is 421 g/mol. The van der Waals surface area contributed by atoms with E-state index in [4.69, 9.17) is 0 Å². The van der Waals surface area contributed by atoms with Gasteiger partial charge in [-0.05, 0) is 86.5 Å². The van der Waals surface area contributed by atoms with E-state index in [0.29, 0.717) is 49.4 Å². The monoisotopic (exact) mass is 420 g/mol. The fourth-order valence-electron chi connectivity index (χ4n) is 7.43. The van der Waals surface area contributed by atoms with Gasteiger partial charge in [-0.15, -0.1) is 0 Å². The molecule has 0 spiro atoms. The molecule has 0 amide bonds. The summed E-state index contributed by atoms with van der Waals surface area (Å²) in [5, 5.41) is 21.4. The SMILES string of the molecule is CCC(=O)S[C@@H]1CC2=CC(=O)CC[C@@H]2[C@H]2CC[C@@]3(C)[C@@H](CC[C@@]3(O)CCCO)[C@@H]21. The standard InChI is InChI=1S/C24H36O4S/c1-3-21(27)29-20-14-15-13-16(26)5-6-17(15)18-7-10-23(2)19(22(18)20)8-11-24(23,28)9-4-12-25/h13,17-20,22,25,28H,3-12,14H2,1-2H3/t17-,18+,19-,20+,22+,23-,24-/m0/s1. The first-order chi connectivity index (χ1) is 13.8. The molecule has 29 heavy (non-hydrogen) atoms. The molecule has 0 aromatic rings. The zero-order chi connectivity index (χ0) is 20.8. The number of ketones is 1. The molecule has 0 aliphatic heterocycles. The van der Waals surface area contributed by atoms with E-state index in [-0.39, 0.29) is 28.2 Å². The number of rotatable bonds is 5. The maximum Gasteiger partial charge on any atom is 0.188 e. The van der Waals surface area contributed by atoms with Gasteiger partial charge in [-0.2, -0.15) is 0 Å². The molecule has 4 aliphatic rings. The van der Waals surface area contributed by atoms with Gasteiger partial charge in [-0.1, -0.05) is 31.2 Å². The summed E-state index contributed by atoms with van der Waals surface area (Å²) in [7, 11) is 0. The molecule has 0 heterocycles. The van der Waals surface area contributed by atoms with Crippen LogP contribution in [-0.4, -0.2) is 38.6 Å². The molecule has 0 unspecified atom stereocenters. The third-order valence-corrected chi connectivity index (χ3v) is 10.3. The summed E-state index contributed by atoms with van der Waals surface area (Å²) in [5.74, 6) is 2.13. The maximum absolute atomic E-state index is 12.4. The largest absolute Gasteiger partial charge is 0.396 e. The van der Waals surface area contributed by atoms with Crippen molar-refractivity contribution in [3.05, 3.63) is 11.6 Å². The predicted octanol–water partition coefficient (Wildman–Crippen LogP) is 4.28. The lowest BCUT2D eigenvalue weighted by atomic mass is 9.50. The second kappa shape index (κ2) is 8.12. The highest BCUT2D eigenvalue weighted by Crippen LogP contribution is 2.66. The van der Waals surface area contributed by atoms with Crippen molar-refractivity contribution in [3.63, 3.8) is 0 Å². The molecule has 3 fully saturated rings. The zero-order valence-electron chi connectivity index (χ0n) is 17.9. The lowest BCUT2D eigenvalue weighted by molar-refractivity contribution is -0.124. The van der Waals surface area contributed by atoms with Crippen molar-refractivity contribution in [2.75, 3.05) is 6.61 Å². The molecule has 4 rings (SSSR count). The Bertz CT molecular complexity index is 703. The van der Waals surface area contributed by atoms with E-state index in [2.05, 4.69) is 6.92 Å². The molecule has 0 aromatic carbocycles. The van der Waals surface area contributed by atoms with Gasteiger partial charge in [0.05, 0.1) is 5.60 Å². The summed E-state index contributed by atoms with van der Waals surface area (Å²) in [6.45, 7) is 4.33. The van der Waals surface area contributed by atoms with Crippen LogP contribution in [0, 0.1) is 29.1 Å². The molecule has 3 saturated carbocycles. The fraction of sp³-hybridized carbons (Fsp3) is 0.833. The van der Waals surface area contributed by atoms with Crippen molar-refractivity contribution in [1.29, 1.82) is 0 Å². The van der Waals surface area contributed by atoms with Crippen molar-refractivity contribution in [2.24, 2.45) is 29.1 Å². The zero-order valence-corrected chi connectivity index (χ0v) is 18.7. The summed E-state index contributed by atoms with van der Waals surface area (Å²) in [5.41, 5.74) is 0.456. The first-order valence-corrected chi connectivity index (χ1v) is 12.5. The van der Waals surface area contributed by atoms with Crippen molar-refractivity contribution in [2.45, 2.75) is 88.9 Å². The number of carbonyl (C=O) groups excluding carboxylic acids is 2. The molecule has 5 heteroatoms. The number of aliphatic hydroxyl groups excluding tert-OH is 1. The number of hydrogen-bond acceptors (Lipinski definition) is 5. The molecular weight excluding hydrogens is 384 g/mol. The molecule has 0 radical (unpaired) electrons. The first-order valence-electron chi connectivity index (χ1n) is 11.6. The molecule has 7 atom stereocenters. The van der Waals surface area contributed by atoms with Crippen LogP contribution in [0.2, 0.25) is 0 Å². The van der Waals surface area contributed by atoms with Crippen molar-refractivity contribution < 1.29 is 19.8 Å². The van der Waals surface area contributed by atoms with Crippen LogP contribution in [0.3, 0.4) is 0 Å². The van der Waals surface area contributed by atoms with E-state index in [1.165, 1.54) is 17.3 Å². The Labute approximate surface area is 178 Å². The summed E-state index contributed by atoms with van der Waals surface area (Å²) in [6, 6.07) is 0. The van der Waals surface area contributed by atoms with Gasteiger partial charge >= 0.3 is 0 Å².